The van der Waals surface area contributed by atoms with Gasteiger partial charge < -0.3 is 4.90 Å². The number of hydrogen-bond donors (Lipinski definition) is 2. The normalized spacial score (nSPS) is 16.6. The number of quaternary nitrogens is 1. The van der Waals surface area contributed by atoms with Crippen LogP contribution in [0.3, 0.4) is 0 Å². The smallest absolute Gasteiger partial charge is 0.243 e. The molecule has 7 nitrogen and oxygen atoms in total. The van der Waals surface area contributed by atoms with E-state index in [1.54, 1.807) is 0 Å². The van der Waals surface area contributed by atoms with Gasteiger partial charge in [-0.2, -0.15) is 4.31 Å². The summed E-state index contributed by atoms with van der Waals surface area (Å²) in [6, 6.07) is 5.46. The van der Waals surface area contributed by atoms with E-state index in [1.165, 1.54) is 33.5 Å². The monoisotopic (exact) mass is 390 g/mol. The summed E-state index contributed by atoms with van der Waals surface area (Å²) in [6.45, 7) is 8.14. The van der Waals surface area contributed by atoms with Gasteiger partial charge in [-0.05, 0) is 51.0 Å². The van der Waals surface area contributed by atoms with Gasteiger partial charge in [-0.3, -0.25) is 0 Å². The second-order valence-electron chi connectivity index (χ2n) is 6.19. The van der Waals surface area contributed by atoms with Crippen LogP contribution in [0.25, 0.3) is 0 Å². The lowest BCUT2D eigenvalue weighted by Crippen LogP contribution is -3.12. The first kappa shape index (κ1) is 20.3. The van der Waals surface area contributed by atoms with Crippen LogP contribution in [0.15, 0.2) is 34.1 Å². The molecular formula is C16H28N3O4S2+. The summed E-state index contributed by atoms with van der Waals surface area (Å²) < 4.78 is 53.6. The molecule has 0 spiro atoms. The average Bonchev–Trinajstić information content (AvgIpc) is 3.14. The summed E-state index contributed by atoms with van der Waals surface area (Å²) in [7, 11) is -7.15. The van der Waals surface area contributed by atoms with Gasteiger partial charge in [-0.15, -0.1) is 0 Å². The Morgan fingerprint density at radius 1 is 0.960 bits per heavy atom. The van der Waals surface area contributed by atoms with E-state index in [-0.39, 0.29) is 9.79 Å². The predicted molar refractivity (Wildman–Crippen MR) is 96.5 cm³/mol. The molecule has 9 heteroatoms. The average molecular weight is 391 g/mol. The number of nitrogens with zero attached hydrogens (tertiary/aromatic N) is 1. The van der Waals surface area contributed by atoms with Gasteiger partial charge in [-0.1, -0.05) is 0 Å². The molecular weight excluding hydrogens is 362 g/mol. The van der Waals surface area contributed by atoms with Gasteiger partial charge in [0.2, 0.25) is 20.0 Å². The Hall–Kier alpha value is -1.00. The molecule has 1 aromatic carbocycles. The standard InChI is InChI=1S/C16H27N3O4S2/c1-3-18(4-2)14-11-17-24(20,21)15-7-9-16(10-8-15)25(22,23)19-12-5-6-13-19/h7-10,17H,3-6,11-14H2,1-2H3/p+1. The molecule has 0 bridgehead atoms. The Morgan fingerprint density at radius 3 is 2.00 bits per heavy atom. The lowest BCUT2D eigenvalue weighted by atomic mass is 10.4. The Bertz CT molecular complexity index is 751. The molecule has 0 saturated carbocycles. The highest BCUT2D eigenvalue weighted by Crippen LogP contribution is 2.22. The zero-order chi connectivity index (χ0) is 18.5. The molecule has 2 rings (SSSR count). The number of rotatable bonds is 9. The Labute approximate surface area is 151 Å². The summed E-state index contributed by atoms with van der Waals surface area (Å²) in [5.41, 5.74) is 0. The predicted octanol–water partition coefficient (Wildman–Crippen LogP) is -0.326. The van der Waals surface area contributed by atoms with Crippen molar-refractivity contribution in [3.63, 3.8) is 0 Å². The first-order valence-electron chi connectivity index (χ1n) is 8.74. The third kappa shape index (κ3) is 5.01. The van der Waals surface area contributed by atoms with Crippen molar-refractivity contribution >= 4 is 20.0 Å². The van der Waals surface area contributed by atoms with Crippen LogP contribution in [-0.4, -0.2) is 60.4 Å². The van der Waals surface area contributed by atoms with E-state index in [1.807, 2.05) is 0 Å². The maximum absolute atomic E-state index is 12.5. The van der Waals surface area contributed by atoms with Gasteiger partial charge >= 0.3 is 0 Å². The van der Waals surface area contributed by atoms with Crippen molar-refractivity contribution in [2.45, 2.75) is 36.5 Å². The zero-order valence-electron chi connectivity index (χ0n) is 14.9. The molecule has 0 atom stereocenters. The fourth-order valence-corrected chi connectivity index (χ4v) is 5.47. The van der Waals surface area contributed by atoms with Crippen molar-refractivity contribution in [3.05, 3.63) is 24.3 Å². The number of hydrogen-bond acceptors (Lipinski definition) is 4. The number of nitrogens with one attached hydrogen (secondary N) is 2. The van der Waals surface area contributed by atoms with Crippen LogP contribution in [0.5, 0.6) is 0 Å². The Morgan fingerprint density at radius 2 is 1.48 bits per heavy atom. The highest BCUT2D eigenvalue weighted by molar-refractivity contribution is 7.89. The molecule has 0 radical (unpaired) electrons. The maximum Gasteiger partial charge on any atom is 0.243 e. The first-order chi connectivity index (χ1) is 11.8. The van der Waals surface area contributed by atoms with Crippen LogP contribution < -0.4 is 9.62 Å². The molecule has 1 fully saturated rings. The van der Waals surface area contributed by atoms with E-state index < -0.39 is 20.0 Å². The van der Waals surface area contributed by atoms with Crippen molar-refractivity contribution in [2.24, 2.45) is 0 Å². The molecule has 1 aliphatic rings. The van der Waals surface area contributed by atoms with Crippen LogP contribution in [0, 0.1) is 0 Å². The molecule has 0 amide bonds. The minimum Gasteiger partial charge on any atom is -0.334 e. The van der Waals surface area contributed by atoms with E-state index >= 15 is 0 Å². The number of sulfonamides is 2. The van der Waals surface area contributed by atoms with E-state index in [0.29, 0.717) is 26.2 Å². The molecule has 1 aliphatic heterocycles. The lowest BCUT2D eigenvalue weighted by molar-refractivity contribution is -0.895. The zero-order valence-corrected chi connectivity index (χ0v) is 16.5. The van der Waals surface area contributed by atoms with Crippen molar-refractivity contribution in [1.82, 2.24) is 9.03 Å². The van der Waals surface area contributed by atoms with E-state index in [2.05, 4.69) is 18.6 Å². The second kappa shape index (κ2) is 8.59. The SMILES string of the molecule is CC[NH+](CC)CCNS(=O)(=O)c1ccc(S(=O)(=O)N2CCCC2)cc1. The maximum atomic E-state index is 12.5. The number of benzene rings is 1. The summed E-state index contributed by atoms with van der Waals surface area (Å²) in [5.74, 6) is 0. The van der Waals surface area contributed by atoms with Crippen LogP contribution >= 0.6 is 0 Å². The van der Waals surface area contributed by atoms with E-state index in [4.69, 9.17) is 0 Å². The largest absolute Gasteiger partial charge is 0.334 e. The molecule has 0 aliphatic carbocycles. The summed E-state index contributed by atoms with van der Waals surface area (Å²) >= 11 is 0. The highest BCUT2D eigenvalue weighted by Gasteiger charge is 2.27. The van der Waals surface area contributed by atoms with Crippen molar-refractivity contribution < 1.29 is 21.7 Å². The van der Waals surface area contributed by atoms with Gasteiger partial charge in [-0.25, -0.2) is 21.6 Å². The fraction of sp³-hybridized carbons (Fsp3) is 0.625. The Balaban J connectivity index is 2.05. The third-order valence-corrected chi connectivity index (χ3v) is 8.00. The quantitative estimate of drug-likeness (QED) is 0.605. The van der Waals surface area contributed by atoms with Crippen LogP contribution in [-0.2, 0) is 20.0 Å². The van der Waals surface area contributed by atoms with E-state index in [0.717, 1.165) is 25.9 Å². The second-order valence-corrected chi connectivity index (χ2v) is 9.89. The minimum atomic E-state index is -3.63. The van der Waals surface area contributed by atoms with Gasteiger partial charge in [0.25, 0.3) is 0 Å². The van der Waals surface area contributed by atoms with Gasteiger partial charge in [0.15, 0.2) is 0 Å². The molecule has 0 aromatic heterocycles. The molecule has 1 aromatic rings. The summed E-state index contributed by atoms with van der Waals surface area (Å²) in [6.07, 6.45) is 1.73. The third-order valence-electron chi connectivity index (χ3n) is 4.61. The molecule has 1 saturated heterocycles. The van der Waals surface area contributed by atoms with Crippen LogP contribution in [0.4, 0.5) is 0 Å². The van der Waals surface area contributed by atoms with Crippen molar-refractivity contribution in [2.75, 3.05) is 39.3 Å². The molecule has 1 heterocycles. The van der Waals surface area contributed by atoms with Gasteiger partial charge in [0.1, 0.15) is 0 Å². The molecule has 0 unspecified atom stereocenters. The highest BCUT2D eigenvalue weighted by atomic mass is 32.2. The van der Waals surface area contributed by atoms with E-state index in [9.17, 15) is 16.8 Å². The van der Waals surface area contributed by atoms with Crippen molar-refractivity contribution in [3.8, 4) is 0 Å². The molecule has 142 valence electrons. The van der Waals surface area contributed by atoms with Crippen LogP contribution in [0.2, 0.25) is 0 Å². The van der Waals surface area contributed by atoms with Gasteiger partial charge in [0, 0.05) is 13.1 Å². The lowest BCUT2D eigenvalue weighted by Gasteiger charge is -2.16. The topological polar surface area (TPSA) is 88.0 Å². The summed E-state index contributed by atoms with van der Waals surface area (Å²) in [5, 5.41) is 0. The Kier molecular flexibility index (Phi) is 6.98. The van der Waals surface area contributed by atoms with Gasteiger partial charge in [0.05, 0.1) is 36.0 Å². The molecule has 25 heavy (non-hydrogen) atoms. The minimum absolute atomic E-state index is 0.0856. The first-order valence-corrected chi connectivity index (χ1v) is 11.7. The number of likely N-dealkylation sites (N-methyl/N-ethyl adjacent to an activating group) is 1. The van der Waals surface area contributed by atoms with Crippen molar-refractivity contribution in [1.29, 1.82) is 0 Å². The molecule has 2 N–H and O–H groups in total. The fourth-order valence-electron chi connectivity index (χ4n) is 2.92. The van der Waals surface area contributed by atoms with Crippen LogP contribution in [0.1, 0.15) is 26.7 Å². The summed E-state index contributed by atoms with van der Waals surface area (Å²) in [4.78, 5) is 1.54.